The van der Waals surface area contributed by atoms with Gasteiger partial charge >= 0.3 is 0 Å². The minimum atomic E-state index is -2.89. The van der Waals surface area contributed by atoms with E-state index < -0.39 is 23.8 Å². The molecule has 1 amide bonds. The Bertz CT molecular complexity index is 1270. The van der Waals surface area contributed by atoms with Crippen LogP contribution in [0.3, 0.4) is 0 Å². The Hall–Kier alpha value is -3.43. The molecule has 1 N–H and O–H groups in total. The van der Waals surface area contributed by atoms with Gasteiger partial charge in [-0.2, -0.15) is 0 Å². The van der Waals surface area contributed by atoms with Crippen molar-refractivity contribution in [3.63, 3.8) is 0 Å². The molecule has 0 radical (unpaired) electrons. The minimum absolute atomic E-state index is 0.101. The Morgan fingerprint density at radius 2 is 1.85 bits per heavy atom. The second kappa shape index (κ2) is 8.11. The molecule has 2 saturated heterocycles. The molecule has 1 unspecified atom stereocenters. The van der Waals surface area contributed by atoms with Crippen molar-refractivity contribution in [3.8, 4) is 0 Å². The molecule has 0 saturated carbocycles. The predicted molar refractivity (Wildman–Crippen MR) is 122 cm³/mol. The maximum atomic E-state index is 14.7. The van der Waals surface area contributed by atoms with Crippen LogP contribution >= 0.6 is 0 Å². The minimum Gasteiger partial charge on any atom is -0.369 e. The molecule has 7 nitrogen and oxygen atoms in total. The van der Waals surface area contributed by atoms with Gasteiger partial charge in [0, 0.05) is 44.1 Å². The summed E-state index contributed by atoms with van der Waals surface area (Å²) in [5.74, 6) is 0.139. The van der Waals surface area contributed by atoms with Gasteiger partial charge in [0.05, 0.1) is 28.9 Å². The van der Waals surface area contributed by atoms with Crippen LogP contribution in [0.2, 0.25) is 0 Å². The summed E-state index contributed by atoms with van der Waals surface area (Å²) in [6.45, 7) is 8.24. The normalized spacial score (nSPS) is 17.6. The summed E-state index contributed by atoms with van der Waals surface area (Å²) in [4.78, 5) is 28.9. The number of nitrogens with zero attached hydrogens (tertiary/aromatic N) is 5. The molecule has 178 valence electrons. The highest BCUT2D eigenvalue weighted by Crippen LogP contribution is 2.42. The lowest BCUT2D eigenvalue weighted by Crippen LogP contribution is -2.72. The first-order valence-electron chi connectivity index (χ1n) is 11.1. The van der Waals surface area contributed by atoms with Gasteiger partial charge in [-0.15, -0.1) is 0 Å². The van der Waals surface area contributed by atoms with Gasteiger partial charge in [-0.25, -0.2) is 28.1 Å². The number of alkyl halides is 2. The van der Waals surface area contributed by atoms with Crippen LogP contribution in [0.4, 0.5) is 24.7 Å². The summed E-state index contributed by atoms with van der Waals surface area (Å²) in [6.07, 6.45) is -1.12. The van der Waals surface area contributed by atoms with Crippen LogP contribution in [0.1, 0.15) is 43.3 Å². The van der Waals surface area contributed by atoms with E-state index in [0.29, 0.717) is 22.7 Å². The largest absolute Gasteiger partial charge is 0.369 e. The fraction of sp³-hybridized carbons (Fsp3) is 0.417. The summed E-state index contributed by atoms with van der Waals surface area (Å²) in [5, 5.41) is 3.84. The topological polar surface area (TPSA) is 74.2 Å². The highest BCUT2D eigenvalue weighted by atomic mass is 19.3. The Balaban J connectivity index is 1.40. The summed E-state index contributed by atoms with van der Waals surface area (Å²) in [7, 11) is 0. The van der Waals surface area contributed by atoms with Crippen LogP contribution in [0, 0.1) is 18.2 Å². The lowest BCUT2D eigenvalue weighted by molar-refractivity contribution is -0.142. The average molecular weight is 470 g/mol. The number of aryl methyl sites for hydroxylation is 1. The highest BCUT2D eigenvalue weighted by molar-refractivity contribution is 5.89. The van der Waals surface area contributed by atoms with Gasteiger partial charge in [0.25, 0.3) is 6.43 Å². The number of carbonyl (C=O) groups is 1. The molecular weight excluding hydrogens is 445 g/mol. The molecule has 1 atom stereocenters. The number of carbonyl (C=O) groups excluding carboxylic acids is 1. The number of likely N-dealkylation sites (tertiary alicyclic amines) is 1. The lowest BCUT2D eigenvalue weighted by Gasteiger charge is -2.60. The van der Waals surface area contributed by atoms with Crippen molar-refractivity contribution in [1.82, 2.24) is 19.9 Å². The summed E-state index contributed by atoms with van der Waals surface area (Å²) in [5.41, 5.74) is 1.07. The molecule has 1 aromatic carbocycles. The molecule has 2 aliphatic rings. The van der Waals surface area contributed by atoms with Gasteiger partial charge in [-0.3, -0.25) is 4.79 Å². The predicted octanol–water partition coefficient (Wildman–Crippen LogP) is 4.25. The van der Waals surface area contributed by atoms with Gasteiger partial charge in [0.2, 0.25) is 5.91 Å². The van der Waals surface area contributed by atoms with E-state index in [2.05, 4.69) is 25.2 Å². The van der Waals surface area contributed by atoms with Crippen molar-refractivity contribution in [2.75, 3.05) is 36.4 Å². The first kappa shape index (κ1) is 22.4. The van der Waals surface area contributed by atoms with E-state index in [1.165, 1.54) is 12.1 Å². The number of nitrogens with one attached hydrogen (secondary N) is 1. The van der Waals surface area contributed by atoms with Crippen LogP contribution in [-0.4, -0.2) is 51.9 Å². The third-order valence-corrected chi connectivity index (χ3v) is 6.68. The first-order valence-corrected chi connectivity index (χ1v) is 11.1. The summed E-state index contributed by atoms with van der Waals surface area (Å²) >= 11 is 0. The van der Waals surface area contributed by atoms with Crippen molar-refractivity contribution in [3.05, 3.63) is 53.2 Å². The van der Waals surface area contributed by atoms with Crippen molar-refractivity contribution < 1.29 is 18.0 Å². The van der Waals surface area contributed by atoms with Crippen molar-refractivity contribution in [2.45, 2.75) is 33.2 Å². The molecule has 2 fully saturated rings. The maximum absolute atomic E-state index is 14.7. The number of rotatable bonds is 5. The number of hydrogen-bond acceptors (Lipinski definition) is 6. The number of amides is 1. The molecule has 4 heterocycles. The molecule has 0 bridgehead atoms. The molecule has 2 aliphatic heterocycles. The molecule has 34 heavy (non-hydrogen) atoms. The molecule has 5 rings (SSSR count). The Labute approximate surface area is 195 Å². The van der Waals surface area contributed by atoms with Crippen molar-refractivity contribution in [1.29, 1.82) is 0 Å². The van der Waals surface area contributed by atoms with E-state index in [1.54, 1.807) is 27.0 Å². The van der Waals surface area contributed by atoms with E-state index in [4.69, 9.17) is 0 Å². The molecule has 0 aliphatic carbocycles. The highest BCUT2D eigenvalue weighted by Gasteiger charge is 2.52. The lowest BCUT2D eigenvalue weighted by atomic mass is 9.72. The van der Waals surface area contributed by atoms with Crippen LogP contribution in [0.15, 0.2) is 30.5 Å². The molecular formula is C24H25F3N6O. The van der Waals surface area contributed by atoms with E-state index in [-0.39, 0.29) is 16.9 Å². The third-order valence-electron chi connectivity index (χ3n) is 6.68. The van der Waals surface area contributed by atoms with Crippen LogP contribution < -0.4 is 10.2 Å². The van der Waals surface area contributed by atoms with Crippen molar-refractivity contribution >= 4 is 28.4 Å². The number of halogens is 3. The Morgan fingerprint density at radius 1 is 1.15 bits per heavy atom. The first-order chi connectivity index (χ1) is 16.2. The molecule has 2 aromatic heterocycles. The second-order valence-corrected chi connectivity index (χ2v) is 9.33. The van der Waals surface area contributed by atoms with Gasteiger partial charge in [0.15, 0.2) is 5.65 Å². The van der Waals surface area contributed by atoms with Crippen molar-refractivity contribution in [2.24, 2.45) is 5.41 Å². The fourth-order valence-corrected chi connectivity index (χ4v) is 4.88. The zero-order valence-electron chi connectivity index (χ0n) is 19.1. The number of fused-ring (bicyclic) bond motifs is 1. The number of hydrogen-bond donors (Lipinski definition) is 1. The monoisotopic (exact) mass is 470 g/mol. The Kier molecular flexibility index (Phi) is 5.33. The Morgan fingerprint density at radius 3 is 2.53 bits per heavy atom. The maximum Gasteiger partial charge on any atom is 0.266 e. The summed E-state index contributed by atoms with van der Waals surface area (Å²) in [6, 6.07) is 5.33. The van der Waals surface area contributed by atoms with Crippen LogP contribution in [0.5, 0.6) is 0 Å². The van der Waals surface area contributed by atoms with E-state index in [9.17, 15) is 18.0 Å². The van der Waals surface area contributed by atoms with E-state index in [1.807, 2.05) is 11.0 Å². The smallest absolute Gasteiger partial charge is 0.266 e. The zero-order valence-corrected chi connectivity index (χ0v) is 19.1. The van der Waals surface area contributed by atoms with E-state index >= 15 is 0 Å². The summed E-state index contributed by atoms with van der Waals surface area (Å²) < 4.78 is 41.0. The third kappa shape index (κ3) is 3.80. The average Bonchev–Trinajstić information content (AvgIpc) is 2.71. The zero-order chi connectivity index (χ0) is 24.2. The molecule has 10 heteroatoms. The SMILES string of the molecule is CC(=O)N1CC2(C1)CN(c1cnc3nc(C)nc(NC(C)c4cccc(C(F)F)c4F)c3c1)C2. The van der Waals surface area contributed by atoms with Gasteiger partial charge in [0.1, 0.15) is 17.5 Å². The van der Waals surface area contributed by atoms with Crippen LogP contribution in [0.25, 0.3) is 11.0 Å². The fourth-order valence-electron chi connectivity index (χ4n) is 4.88. The van der Waals surface area contributed by atoms with E-state index in [0.717, 1.165) is 37.9 Å². The molecule has 3 aromatic rings. The quantitative estimate of drug-likeness (QED) is 0.601. The number of aromatic nitrogens is 3. The standard InChI is InChI=1S/C24H25F3N6O/c1-13(17-5-4-6-18(20(17)25)21(26)27)29-23-19-7-16(8-28-22(19)30-14(2)31-23)33-11-24(12-33)9-32(10-24)15(3)34/h4-8,13,21H,9-12H2,1-3H3,(H,28,29,30,31). The number of pyridine rings is 1. The van der Waals surface area contributed by atoms with Gasteiger partial charge < -0.3 is 15.1 Å². The molecule has 1 spiro atoms. The van der Waals surface area contributed by atoms with Gasteiger partial charge in [-0.1, -0.05) is 18.2 Å². The number of anilines is 2. The number of benzene rings is 1. The van der Waals surface area contributed by atoms with Gasteiger partial charge in [-0.05, 0) is 19.9 Å². The second-order valence-electron chi connectivity index (χ2n) is 9.33. The van der Waals surface area contributed by atoms with Crippen LogP contribution in [-0.2, 0) is 4.79 Å².